The topological polar surface area (TPSA) is 69.6 Å². The third-order valence-corrected chi connectivity index (χ3v) is 8.15. The Hall–Kier alpha value is -1.71. The molecule has 2 saturated heterocycles. The van der Waals surface area contributed by atoms with Crippen LogP contribution in [0.5, 0.6) is 0 Å². The lowest BCUT2D eigenvalue weighted by molar-refractivity contribution is 0.383. The zero-order valence-electron chi connectivity index (χ0n) is 15.9. The molecule has 4 rings (SSSR count). The third kappa shape index (κ3) is 3.88. The van der Waals surface area contributed by atoms with E-state index in [1.54, 1.807) is 22.5 Å². The van der Waals surface area contributed by atoms with Gasteiger partial charge in [0.05, 0.1) is 4.90 Å². The van der Waals surface area contributed by atoms with Crippen LogP contribution in [0.1, 0.15) is 18.5 Å². The van der Waals surface area contributed by atoms with Gasteiger partial charge in [0.1, 0.15) is 5.82 Å². The van der Waals surface area contributed by atoms with E-state index >= 15 is 0 Å². The maximum Gasteiger partial charge on any atom is 0.244 e. The van der Waals surface area contributed by atoms with Gasteiger partial charge in [0.25, 0.3) is 0 Å². The molecule has 2 aliphatic rings. The summed E-state index contributed by atoms with van der Waals surface area (Å²) in [6, 6.07) is 8.94. The molecule has 7 nitrogen and oxygen atoms in total. The largest absolute Gasteiger partial charge is 0.354 e. The molecule has 1 aromatic heterocycles. The Morgan fingerprint density at radius 2 is 1.61 bits per heavy atom. The van der Waals surface area contributed by atoms with Crippen LogP contribution in [0.3, 0.4) is 0 Å². The molecule has 0 atom stereocenters. The van der Waals surface area contributed by atoms with Crippen LogP contribution in [0, 0.1) is 6.92 Å². The van der Waals surface area contributed by atoms with E-state index in [-0.39, 0.29) is 0 Å². The summed E-state index contributed by atoms with van der Waals surface area (Å²) in [6.07, 6.45) is 2.36. The number of hydrogen-bond donors (Lipinski definition) is 0. The van der Waals surface area contributed by atoms with Crippen molar-refractivity contribution in [3.05, 3.63) is 40.5 Å². The lowest BCUT2D eigenvalue weighted by atomic mass is 10.3. The first-order valence-electron chi connectivity index (χ1n) is 9.55. The minimum Gasteiger partial charge on any atom is -0.354 e. The molecule has 0 saturated carbocycles. The van der Waals surface area contributed by atoms with E-state index in [0.29, 0.717) is 35.5 Å². The molecule has 1 aromatic carbocycles. The third-order valence-electron chi connectivity index (χ3n) is 5.23. The zero-order chi connectivity index (χ0) is 19.7. The zero-order valence-corrected chi connectivity index (χ0v) is 18.3. The van der Waals surface area contributed by atoms with Crippen LogP contribution in [0.4, 0.5) is 11.8 Å². The summed E-state index contributed by atoms with van der Waals surface area (Å²) >= 11 is 3.36. The molecule has 2 aliphatic heterocycles. The summed E-state index contributed by atoms with van der Waals surface area (Å²) in [5.74, 6) is 1.67. The van der Waals surface area contributed by atoms with Gasteiger partial charge in [-0.3, -0.25) is 0 Å². The van der Waals surface area contributed by atoms with Gasteiger partial charge in [0.15, 0.2) is 0 Å². The minimum absolute atomic E-state index is 0.317. The van der Waals surface area contributed by atoms with Crippen molar-refractivity contribution in [1.29, 1.82) is 0 Å². The lowest BCUT2D eigenvalue weighted by Gasteiger charge is -2.35. The van der Waals surface area contributed by atoms with Crippen molar-refractivity contribution in [3.63, 3.8) is 0 Å². The number of sulfonamides is 1. The minimum atomic E-state index is -3.51. The van der Waals surface area contributed by atoms with E-state index < -0.39 is 10.0 Å². The predicted octanol–water partition coefficient (Wildman–Crippen LogP) is 2.66. The first kappa shape index (κ1) is 19.6. The van der Waals surface area contributed by atoms with Crippen molar-refractivity contribution in [2.24, 2.45) is 0 Å². The number of rotatable bonds is 4. The Labute approximate surface area is 174 Å². The van der Waals surface area contributed by atoms with Crippen LogP contribution < -0.4 is 9.80 Å². The molecule has 3 heterocycles. The molecule has 28 heavy (non-hydrogen) atoms. The maximum absolute atomic E-state index is 13.0. The fourth-order valence-corrected chi connectivity index (χ4v) is 6.09. The smallest absolute Gasteiger partial charge is 0.244 e. The highest BCUT2D eigenvalue weighted by Gasteiger charge is 2.30. The normalized spacial score (nSPS) is 18.6. The first-order valence-corrected chi connectivity index (χ1v) is 11.8. The van der Waals surface area contributed by atoms with E-state index in [4.69, 9.17) is 4.98 Å². The Kier molecular flexibility index (Phi) is 5.57. The van der Waals surface area contributed by atoms with Gasteiger partial charge in [0, 0.05) is 55.5 Å². The number of piperazine rings is 1. The van der Waals surface area contributed by atoms with Crippen molar-refractivity contribution in [2.75, 3.05) is 49.1 Å². The first-order chi connectivity index (χ1) is 13.4. The van der Waals surface area contributed by atoms with Crippen LogP contribution in [0.2, 0.25) is 0 Å². The average molecular weight is 466 g/mol. The summed E-state index contributed by atoms with van der Waals surface area (Å²) in [5.41, 5.74) is 0.940. The number of aromatic nitrogens is 2. The number of halogens is 1. The molecule has 0 bridgehead atoms. The van der Waals surface area contributed by atoms with Crippen molar-refractivity contribution in [2.45, 2.75) is 24.7 Å². The van der Waals surface area contributed by atoms with Crippen LogP contribution in [0.25, 0.3) is 0 Å². The molecule has 0 spiro atoms. The van der Waals surface area contributed by atoms with E-state index in [0.717, 1.165) is 30.5 Å². The number of hydrogen-bond acceptors (Lipinski definition) is 6. The highest BCUT2D eigenvalue weighted by atomic mass is 79.9. The molecule has 0 radical (unpaired) electrons. The van der Waals surface area contributed by atoms with Gasteiger partial charge in [-0.25, -0.2) is 13.4 Å². The molecular weight excluding hydrogens is 442 g/mol. The van der Waals surface area contributed by atoms with Crippen molar-refractivity contribution >= 4 is 37.7 Å². The molecule has 9 heteroatoms. The fraction of sp³-hybridized carbons (Fsp3) is 0.474. The van der Waals surface area contributed by atoms with Gasteiger partial charge in [-0.1, -0.05) is 12.1 Å². The number of nitrogens with zero attached hydrogens (tertiary/aromatic N) is 5. The van der Waals surface area contributed by atoms with Crippen LogP contribution in [-0.2, 0) is 10.0 Å². The van der Waals surface area contributed by atoms with Crippen molar-refractivity contribution in [3.8, 4) is 0 Å². The van der Waals surface area contributed by atoms with Crippen molar-refractivity contribution < 1.29 is 8.42 Å². The highest BCUT2D eigenvalue weighted by molar-refractivity contribution is 9.10. The Morgan fingerprint density at radius 1 is 0.929 bits per heavy atom. The van der Waals surface area contributed by atoms with Gasteiger partial charge in [0.2, 0.25) is 16.0 Å². The second-order valence-corrected chi connectivity index (χ2v) is 9.94. The summed E-state index contributed by atoms with van der Waals surface area (Å²) < 4.78 is 28.1. The Balaban J connectivity index is 1.49. The highest BCUT2D eigenvalue weighted by Crippen LogP contribution is 2.27. The number of benzene rings is 1. The van der Waals surface area contributed by atoms with E-state index in [9.17, 15) is 8.42 Å². The Bertz CT molecular complexity index is 955. The molecule has 0 aliphatic carbocycles. The summed E-state index contributed by atoms with van der Waals surface area (Å²) in [7, 11) is -3.51. The summed E-state index contributed by atoms with van der Waals surface area (Å²) in [4.78, 5) is 14.1. The van der Waals surface area contributed by atoms with E-state index in [1.807, 2.05) is 19.1 Å². The van der Waals surface area contributed by atoms with Gasteiger partial charge in [-0.15, -0.1) is 0 Å². The van der Waals surface area contributed by atoms with Crippen molar-refractivity contribution in [1.82, 2.24) is 14.3 Å². The number of aryl methyl sites for hydroxylation is 1. The van der Waals surface area contributed by atoms with Gasteiger partial charge in [-0.2, -0.15) is 9.29 Å². The maximum atomic E-state index is 13.0. The second-order valence-electron chi connectivity index (χ2n) is 7.18. The molecule has 0 unspecified atom stereocenters. The monoisotopic (exact) mass is 465 g/mol. The van der Waals surface area contributed by atoms with E-state index in [2.05, 4.69) is 30.7 Å². The summed E-state index contributed by atoms with van der Waals surface area (Å²) in [6.45, 7) is 6.08. The molecular formula is C19H24BrN5O2S. The van der Waals surface area contributed by atoms with Crippen LogP contribution >= 0.6 is 15.9 Å². The van der Waals surface area contributed by atoms with E-state index in [1.165, 1.54) is 12.8 Å². The van der Waals surface area contributed by atoms with Gasteiger partial charge >= 0.3 is 0 Å². The Morgan fingerprint density at radius 3 is 2.29 bits per heavy atom. The standard InChI is InChI=1S/C19H24BrN5O2S/c1-15-14-18(22-19(21-15)24-8-4-5-9-24)23-10-12-25(13-11-23)28(26,27)17-7-3-2-6-16(17)20/h2-3,6-7,14H,4-5,8-13H2,1H3. The second kappa shape index (κ2) is 7.96. The average Bonchev–Trinajstić information content (AvgIpc) is 3.23. The molecule has 2 fully saturated rings. The van der Waals surface area contributed by atoms with Gasteiger partial charge in [-0.05, 0) is 47.8 Å². The fourth-order valence-electron chi connectivity index (χ4n) is 3.71. The molecule has 2 aromatic rings. The quantitative estimate of drug-likeness (QED) is 0.690. The van der Waals surface area contributed by atoms with Crippen LogP contribution in [-0.4, -0.2) is 62.0 Å². The number of anilines is 2. The molecule has 150 valence electrons. The van der Waals surface area contributed by atoms with Gasteiger partial charge < -0.3 is 9.80 Å². The molecule has 0 N–H and O–H groups in total. The summed E-state index contributed by atoms with van der Waals surface area (Å²) in [5, 5.41) is 0. The lowest BCUT2D eigenvalue weighted by Crippen LogP contribution is -2.49. The predicted molar refractivity (Wildman–Crippen MR) is 113 cm³/mol. The van der Waals surface area contributed by atoms with Crippen LogP contribution in [0.15, 0.2) is 39.7 Å². The molecule has 0 amide bonds. The SMILES string of the molecule is Cc1cc(N2CCN(S(=O)(=O)c3ccccc3Br)CC2)nc(N2CCCC2)n1.